The number of hydrogen-bond acceptors (Lipinski definition) is 4. The Hall–Kier alpha value is -2.09. The van der Waals surface area contributed by atoms with Crippen molar-refractivity contribution >= 4 is 11.7 Å². The summed E-state index contributed by atoms with van der Waals surface area (Å²) in [4.78, 5) is 26.1. The summed E-state index contributed by atoms with van der Waals surface area (Å²) in [7, 11) is 0. The van der Waals surface area contributed by atoms with E-state index in [4.69, 9.17) is 0 Å². The van der Waals surface area contributed by atoms with Crippen LogP contribution in [0.25, 0.3) is 0 Å². The van der Waals surface area contributed by atoms with Crippen LogP contribution in [0.15, 0.2) is 23.0 Å². The normalized spacial score (nSPS) is 21.4. The van der Waals surface area contributed by atoms with Gasteiger partial charge in [-0.05, 0) is 18.9 Å². The van der Waals surface area contributed by atoms with Crippen molar-refractivity contribution in [2.45, 2.75) is 33.6 Å². The molecule has 1 saturated heterocycles. The monoisotopic (exact) mass is 273 g/mol. The van der Waals surface area contributed by atoms with E-state index >= 15 is 0 Å². The second-order valence-electron chi connectivity index (χ2n) is 6.16. The van der Waals surface area contributed by atoms with Crippen molar-refractivity contribution in [1.82, 2.24) is 10.2 Å². The summed E-state index contributed by atoms with van der Waals surface area (Å²) in [5.74, 6) is 0.0436. The van der Waals surface area contributed by atoms with Crippen molar-refractivity contribution in [3.8, 4) is 6.07 Å². The number of carbonyl (C=O) groups is 2. The van der Waals surface area contributed by atoms with Gasteiger partial charge in [0.2, 0.25) is 0 Å². The number of likely N-dealkylation sites (tertiary alicyclic amines) is 1. The minimum Gasteiger partial charge on any atom is -0.357 e. The number of carbonyl (C=O) groups excluding carboxylic acids is 2. The van der Waals surface area contributed by atoms with Crippen LogP contribution in [0, 0.1) is 16.7 Å². The zero-order chi connectivity index (χ0) is 14.9. The fraction of sp³-hybridized carbons (Fsp3) is 0.533. The molecule has 2 heterocycles. The lowest BCUT2D eigenvalue weighted by atomic mass is 9.89. The molecule has 0 radical (unpaired) electrons. The van der Waals surface area contributed by atoms with E-state index in [0.29, 0.717) is 5.82 Å². The maximum absolute atomic E-state index is 12.1. The predicted molar refractivity (Wildman–Crippen MR) is 74.1 cm³/mol. The summed E-state index contributed by atoms with van der Waals surface area (Å²) in [6, 6.07) is 2.06. The van der Waals surface area contributed by atoms with Gasteiger partial charge in [-0.25, -0.2) is 0 Å². The predicted octanol–water partition coefficient (Wildman–Crippen LogP) is 1.49. The lowest BCUT2D eigenvalue weighted by Crippen LogP contribution is -2.29. The number of nitriles is 1. The van der Waals surface area contributed by atoms with Crippen LogP contribution in [-0.2, 0) is 9.59 Å². The molecule has 0 atom stereocenters. The number of nitrogens with one attached hydrogen (secondary N) is 1. The largest absolute Gasteiger partial charge is 0.357 e. The Bertz CT molecular complexity index is 553. The van der Waals surface area contributed by atoms with Gasteiger partial charge in [-0.2, -0.15) is 5.26 Å². The molecule has 2 aliphatic heterocycles. The van der Waals surface area contributed by atoms with Crippen molar-refractivity contribution in [1.29, 1.82) is 5.26 Å². The molecule has 2 rings (SSSR count). The molecule has 2 aliphatic rings. The molecule has 0 bridgehead atoms. The summed E-state index contributed by atoms with van der Waals surface area (Å²) < 4.78 is 0. The molecule has 0 aromatic rings. The third kappa shape index (κ3) is 2.60. The van der Waals surface area contributed by atoms with E-state index in [9.17, 15) is 14.9 Å². The van der Waals surface area contributed by atoms with E-state index < -0.39 is 5.41 Å². The van der Waals surface area contributed by atoms with Gasteiger partial charge in [0.25, 0.3) is 5.91 Å². The summed E-state index contributed by atoms with van der Waals surface area (Å²) in [6.45, 7) is 7.03. The van der Waals surface area contributed by atoms with Gasteiger partial charge in [-0.15, -0.1) is 0 Å². The second-order valence-corrected chi connectivity index (χ2v) is 6.16. The van der Waals surface area contributed by atoms with Crippen LogP contribution in [0.1, 0.15) is 33.6 Å². The van der Waals surface area contributed by atoms with Crippen molar-refractivity contribution in [3.63, 3.8) is 0 Å². The number of rotatable bonds is 2. The van der Waals surface area contributed by atoms with E-state index in [1.807, 2.05) is 4.90 Å². The third-order valence-electron chi connectivity index (χ3n) is 3.53. The van der Waals surface area contributed by atoms with E-state index in [0.717, 1.165) is 25.9 Å². The fourth-order valence-electron chi connectivity index (χ4n) is 2.25. The van der Waals surface area contributed by atoms with Gasteiger partial charge in [0, 0.05) is 18.5 Å². The number of allylic oxidation sites excluding steroid dienone is 1. The average Bonchev–Trinajstić information content (AvgIpc) is 2.97. The molecule has 1 amide bonds. The summed E-state index contributed by atoms with van der Waals surface area (Å²) in [5.41, 5.74) is -0.0895. The number of amides is 1. The highest BCUT2D eigenvalue weighted by atomic mass is 16.2. The molecule has 5 nitrogen and oxygen atoms in total. The van der Waals surface area contributed by atoms with Gasteiger partial charge in [-0.3, -0.25) is 9.59 Å². The first-order valence-corrected chi connectivity index (χ1v) is 6.82. The SMILES string of the molecule is CC(C)(C)C(=O)/C=C1/C(=O)NC(N2CCCC2)=C1C#N. The fourth-order valence-corrected chi connectivity index (χ4v) is 2.25. The lowest BCUT2D eigenvalue weighted by Gasteiger charge is -2.18. The average molecular weight is 273 g/mol. The Labute approximate surface area is 118 Å². The molecule has 1 fully saturated rings. The molecule has 0 aromatic heterocycles. The van der Waals surface area contributed by atoms with E-state index in [2.05, 4.69) is 11.4 Å². The topological polar surface area (TPSA) is 73.2 Å². The third-order valence-corrected chi connectivity index (χ3v) is 3.53. The Morgan fingerprint density at radius 1 is 1.35 bits per heavy atom. The van der Waals surface area contributed by atoms with Crippen LogP contribution < -0.4 is 5.32 Å². The molecule has 0 unspecified atom stereocenters. The zero-order valence-corrected chi connectivity index (χ0v) is 12.1. The van der Waals surface area contributed by atoms with Gasteiger partial charge in [0.1, 0.15) is 17.5 Å². The van der Waals surface area contributed by atoms with E-state index in [-0.39, 0.29) is 22.8 Å². The van der Waals surface area contributed by atoms with Crippen LogP contribution in [0.2, 0.25) is 0 Å². The molecule has 0 aliphatic carbocycles. The standard InChI is InChI=1S/C15H19N3O2/c1-15(2,3)12(19)8-10-11(9-16)13(17-14(10)20)18-6-4-5-7-18/h8H,4-7H2,1-3H3,(H,17,20)/b10-8+. The minimum absolute atomic E-state index is 0.155. The Morgan fingerprint density at radius 3 is 2.45 bits per heavy atom. The second kappa shape index (κ2) is 5.12. The van der Waals surface area contributed by atoms with Gasteiger partial charge < -0.3 is 10.2 Å². The Morgan fingerprint density at radius 2 is 1.95 bits per heavy atom. The Kier molecular flexibility index (Phi) is 3.67. The van der Waals surface area contributed by atoms with Gasteiger partial charge in [-0.1, -0.05) is 20.8 Å². The molecular formula is C15H19N3O2. The quantitative estimate of drug-likeness (QED) is 0.774. The number of ketones is 1. The number of nitrogens with zero attached hydrogens (tertiary/aromatic N) is 2. The first kappa shape index (κ1) is 14.3. The lowest BCUT2D eigenvalue weighted by molar-refractivity contribution is -0.122. The highest BCUT2D eigenvalue weighted by molar-refractivity contribution is 6.09. The van der Waals surface area contributed by atoms with Gasteiger partial charge in [0.05, 0.1) is 5.57 Å². The molecular weight excluding hydrogens is 254 g/mol. The molecule has 5 heteroatoms. The van der Waals surface area contributed by atoms with Gasteiger partial charge >= 0.3 is 0 Å². The zero-order valence-electron chi connectivity index (χ0n) is 12.1. The molecule has 0 aromatic carbocycles. The maximum atomic E-state index is 12.1. The molecule has 20 heavy (non-hydrogen) atoms. The highest BCUT2D eigenvalue weighted by Gasteiger charge is 2.33. The van der Waals surface area contributed by atoms with Crippen LogP contribution in [0.3, 0.4) is 0 Å². The first-order chi connectivity index (χ1) is 9.34. The molecule has 0 spiro atoms. The number of hydrogen-bond donors (Lipinski definition) is 1. The van der Waals surface area contributed by atoms with Crippen molar-refractivity contribution in [2.24, 2.45) is 5.41 Å². The van der Waals surface area contributed by atoms with Crippen molar-refractivity contribution < 1.29 is 9.59 Å². The van der Waals surface area contributed by atoms with E-state index in [1.165, 1.54) is 6.08 Å². The summed E-state index contributed by atoms with van der Waals surface area (Å²) in [6.07, 6.45) is 3.41. The maximum Gasteiger partial charge on any atom is 0.258 e. The van der Waals surface area contributed by atoms with Crippen molar-refractivity contribution in [3.05, 3.63) is 23.0 Å². The summed E-state index contributed by atoms with van der Waals surface area (Å²) >= 11 is 0. The smallest absolute Gasteiger partial charge is 0.258 e. The molecule has 106 valence electrons. The van der Waals surface area contributed by atoms with Crippen LogP contribution in [0.4, 0.5) is 0 Å². The molecule has 0 saturated carbocycles. The minimum atomic E-state index is -0.565. The van der Waals surface area contributed by atoms with Crippen LogP contribution in [-0.4, -0.2) is 29.7 Å². The van der Waals surface area contributed by atoms with Gasteiger partial charge in [0.15, 0.2) is 5.78 Å². The highest BCUT2D eigenvalue weighted by Crippen LogP contribution is 2.27. The van der Waals surface area contributed by atoms with E-state index in [1.54, 1.807) is 20.8 Å². The summed E-state index contributed by atoms with van der Waals surface area (Å²) in [5, 5.41) is 12.0. The first-order valence-electron chi connectivity index (χ1n) is 6.82. The van der Waals surface area contributed by atoms with Crippen LogP contribution in [0.5, 0.6) is 0 Å². The van der Waals surface area contributed by atoms with Crippen molar-refractivity contribution in [2.75, 3.05) is 13.1 Å². The Balaban J connectivity index is 2.38. The van der Waals surface area contributed by atoms with Crippen LogP contribution >= 0.6 is 0 Å². The molecule has 1 N–H and O–H groups in total.